The molecular formula is C16H21NOS. The smallest absolute Gasteiger partial charge is 0.124 e. The number of para-hydroxylation sites is 1. The van der Waals surface area contributed by atoms with Gasteiger partial charge in [-0.25, -0.2) is 0 Å². The van der Waals surface area contributed by atoms with E-state index in [0.29, 0.717) is 12.6 Å². The summed E-state index contributed by atoms with van der Waals surface area (Å²) in [4.78, 5) is 1.36. The van der Waals surface area contributed by atoms with Gasteiger partial charge in [0.2, 0.25) is 0 Å². The number of hydrogen-bond donors (Lipinski definition) is 1. The molecule has 2 rings (SSSR count). The van der Waals surface area contributed by atoms with E-state index >= 15 is 0 Å². The van der Waals surface area contributed by atoms with E-state index in [1.807, 2.05) is 19.1 Å². The molecule has 1 aromatic heterocycles. The Morgan fingerprint density at radius 3 is 2.58 bits per heavy atom. The van der Waals surface area contributed by atoms with Crippen LogP contribution in [0.15, 0.2) is 41.8 Å². The zero-order valence-electron chi connectivity index (χ0n) is 11.7. The summed E-state index contributed by atoms with van der Waals surface area (Å²) in [7, 11) is 0. The van der Waals surface area contributed by atoms with Crippen molar-refractivity contribution in [3.8, 4) is 5.75 Å². The van der Waals surface area contributed by atoms with Gasteiger partial charge in [0.25, 0.3) is 0 Å². The minimum absolute atomic E-state index is 0.264. The molecule has 2 nitrogen and oxygen atoms in total. The monoisotopic (exact) mass is 275 g/mol. The van der Waals surface area contributed by atoms with Crippen LogP contribution < -0.4 is 10.1 Å². The van der Waals surface area contributed by atoms with Gasteiger partial charge in [0.15, 0.2) is 0 Å². The Balaban J connectivity index is 2.09. The fraction of sp³-hybridized carbons (Fsp3) is 0.375. The second-order valence-corrected chi connectivity index (χ2v) is 5.58. The number of rotatable bonds is 6. The molecule has 0 spiro atoms. The molecule has 102 valence electrons. The van der Waals surface area contributed by atoms with E-state index in [1.54, 1.807) is 11.3 Å². The van der Waals surface area contributed by atoms with Gasteiger partial charge in [-0.05, 0) is 38.3 Å². The molecule has 0 saturated heterocycles. The van der Waals surface area contributed by atoms with Crippen LogP contribution in [0.3, 0.4) is 0 Å². The summed E-state index contributed by atoms with van der Waals surface area (Å²) >= 11 is 1.79. The van der Waals surface area contributed by atoms with Crippen molar-refractivity contribution in [3.05, 3.63) is 52.2 Å². The molecule has 3 heteroatoms. The van der Waals surface area contributed by atoms with Crippen LogP contribution in [0.2, 0.25) is 0 Å². The van der Waals surface area contributed by atoms with Gasteiger partial charge in [0, 0.05) is 22.5 Å². The van der Waals surface area contributed by atoms with Gasteiger partial charge in [-0.3, -0.25) is 0 Å². The highest BCUT2D eigenvalue weighted by Crippen LogP contribution is 2.28. The van der Waals surface area contributed by atoms with Crippen LogP contribution in [0, 0.1) is 0 Å². The Hall–Kier alpha value is -1.32. The van der Waals surface area contributed by atoms with Crippen LogP contribution >= 0.6 is 11.3 Å². The molecule has 0 aliphatic heterocycles. The predicted molar refractivity (Wildman–Crippen MR) is 81.9 cm³/mol. The Labute approximate surface area is 119 Å². The van der Waals surface area contributed by atoms with Crippen molar-refractivity contribution in [3.63, 3.8) is 0 Å². The molecule has 19 heavy (non-hydrogen) atoms. The molecule has 2 atom stereocenters. The van der Waals surface area contributed by atoms with E-state index < -0.39 is 0 Å². The third kappa shape index (κ3) is 3.58. The largest absolute Gasteiger partial charge is 0.494 e. The van der Waals surface area contributed by atoms with E-state index in [2.05, 4.69) is 48.8 Å². The van der Waals surface area contributed by atoms with Gasteiger partial charge < -0.3 is 10.1 Å². The van der Waals surface area contributed by atoms with Crippen LogP contribution in [0.5, 0.6) is 5.75 Å². The minimum atomic E-state index is 0.264. The van der Waals surface area contributed by atoms with E-state index in [-0.39, 0.29) is 6.04 Å². The van der Waals surface area contributed by atoms with Crippen molar-refractivity contribution < 1.29 is 4.74 Å². The summed E-state index contributed by atoms with van der Waals surface area (Å²) in [6.07, 6.45) is 0. The maximum Gasteiger partial charge on any atom is 0.124 e. The molecule has 1 heterocycles. The third-order valence-corrected chi connectivity index (χ3v) is 4.21. The number of ether oxygens (including phenoxy) is 1. The van der Waals surface area contributed by atoms with E-state index in [4.69, 9.17) is 4.74 Å². The van der Waals surface area contributed by atoms with E-state index in [1.165, 1.54) is 10.4 Å². The number of nitrogens with one attached hydrogen (secondary N) is 1. The SMILES string of the molecule is CCOc1ccccc1C(C)N[C@@H](C)c1cccs1. The Morgan fingerprint density at radius 2 is 1.89 bits per heavy atom. The molecule has 1 unspecified atom stereocenters. The first-order chi connectivity index (χ1) is 9.22. The predicted octanol–water partition coefficient (Wildman–Crippen LogP) is 4.56. The molecule has 0 radical (unpaired) electrons. The first-order valence-corrected chi connectivity index (χ1v) is 7.61. The Morgan fingerprint density at radius 1 is 1.11 bits per heavy atom. The van der Waals surface area contributed by atoms with Gasteiger partial charge in [-0.1, -0.05) is 24.3 Å². The van der Waals surface area contributed by atoms with Crippen molar-refractivity contribution in [1.29, 1.82) is 0 Å². The van der Waals surface area contributed by atoms with Crippen molar-refractivity contribution in [2.45, 2.75) is 32.9 Å². The highest BCUT2D eigenvalue weighted by molar-refractivity contribution is 7.10. The third-order valence-electron chi connectivity index (χ3n) is 3.16. The fourth-order valence-electron chi connectivity index (χ4n) is 2.21. The number of benzene rings is 1. The summed E-state index contributed by atoms with van der Waals surface area (Å²) in [5.74, 6) is 0.975. The van der Waals surface area contributed by atoms with Crippen LogP contribution in [0.25, 0.3) is 0 Å². The lowest BCUT2D eigenvalue weighted by Crippen LogP contribution is -2.22. The second kappa shape index (κ2) is 6.73. The van der Waals surface area contributed by atoms with E-state index in [9.17, 15) is 0 Å². The zero-order valence-corrected chi connectivity index (χ0v) is 12.5. The lowest BCUT2D eigenvalue weighted by atomic mass is 10.1. The summed E-state index contributed by atoms with van der Waals surface area (Å²) in [6.45, 7) is 7.10. The van der Waals surface area contributed by atoms with Crippen molar-refractivity contribution in [2.75, 3.05) is 6.61 Å². The number of hydrogen-bond acceptors (Lipinski definition) is 3. The average molecular weight is 275 g/mol. The number of thiophene rings is 1. The lowest BCUT2D eigenvalue weighted by molar-refractivity contribution is 0.331. The first-order valence-electron chi connectivity index (χ1n) is 6.73. The van der Waals surface area contributed by atoms with Gasteiger partial charge in [-0.2, -0.15) is 0 Å². The Kier molecular flexibility index (Phi) is 5.00. The molecule has 1 N–H and O–H groups in total. The average Bonchev–Trinajstić information content (AvgIpc) is 2.93. The maximum atomic E-state index is 5.69. The molecule has 2 aromatic rings. The highest BCUT2D eigenvalue weighted by Gasteiger charge is 2.14. The molecule has 0 saturated carbocycles. The lowest BCUT2D eigenvalue weighted by Gasteiger charge is -2.21. The van der Waals surface area contributed by atoms with Gasteiger partial charge >= 0.3 is 0 Å². The summed E-state index contributed by atoms with van der Waals surface area (Å²) in [5.41, 5.74) is 1.22. The van der Waals surface area contributed by atoms with Crippen LogP contribution in [0.1, 0.15) is 43.3 Å². The van der Waals surface area contributed by atoms with Crippen LogP contribution in [-0.4, -0.2) is 6.61 Å². The molecule has 1 aromatic carbocycles. The van der Waals surface area contributed by atoms with Crippen molar-refractivity contribution in [2.24, 2.45) is 0 Å². The maximum absolute atomic E-state index is 5.69. The molecule has 0 fully saturated rings. The summed E-state index contributed by atoms with van der Waals surface area (Å²) in [6, 6.07) is 13.1. The second-order valence-electron chi connectivity index (χ2n) is 4.60. The van der Waals surface area contributed by atoms with Gasteiger partial charge in [0.1, 0.15) is 5.75 Å². The molecule has 0 amide bonds. The highest BCUT2D eigenvalue weighted by atomic mass is 32.1. The first kappa shape index (κ1) is 14.1. The van der Waals surface area contributed by atoms with Gasteiger partial charge in [0.05, 0.1) is 6.61 Å². The van der Waals surface area contributed by atoms with E-state index in [0.717, 1.165) is 5.75 Å². The molecule has 0 aliphatic rings. The fourth-order valence-corrected chi connectivity index (χ4v) is 2.95. The quantitative estimate of drug-likeness (QED) is 0.834. The van der Waals surface area contributed by atoms with Crippen molar-refractivity contribution >= 4 is 11.3 Å². The standard InChI is InChI=1S/C16H21NOS/c1-4-18-15-9-6-5-8-14(15)12(2)17-13(3)16-10-7-11-19-16/h5-13,17H,4H2,1-3H3/t12?,13-/m0/s1. The molecular weight excluding hydrogens is 254 g/mol. The Bertz CT molecular complexity index is 495. The summed E-state index contributed by atoms with van der Waals surface area (Å²) < 4.78 is 5.69. The van der Waals surface area contributed by atoms with Crippen molar-refractivity contribution in [1.82, 2.24) is 5.32 Å². The summed E-state index contributed by atoms with van der Waals surface area (Å²) in [5, 5.41) is 5.75. The van der Waals surface area contributed by atoms with Crippen LogP contribution in [0.4, 0.5) is 0 Å². The van der Waals surface area contributed by atoms with Crippen LogP contribution in [-0.2, 0) is 0 Å². The minimum Gasteiger partial charge on any atom is -0.494 e. The van der Waals surface area contributed by atoms with Gasteiger partial charge in [-0.15, -0.1) is 11.3 Å². The molecule has 0 aliphatic carbocycles. The topological polar surface area (TPSA) is 21.3 Å². The zero-order chi connectivity index (χ0) is 13.7. The molecule has 0 bridgehead atoms. The normalized spacial score (nSPS) is 14.1.